The Hall–Kier alpha value is -2.99. The first-order chi connectivity index (χ1) is 10.3. The van der Waals surface area contributed by atoms with Crippen LogP contribution in [0.25, 0.3) is 0 Å². The van der Waals surface area contributed by atoms with Gasteiger partial charge in [0.05, 0.1) is 11.6 Å². The number of nitrogens with zero attached hydrogens (tertiary/aromatic N) is 1. The van der Waals surface area contributed by atoms with Crippen LogP contribution in [0.15, 0.2) is 66.9 Å². The minimum atomic E-state index is -0.458. The number of anilines is 1. The molecule has 1 heterocycles. The predicted molar refractivity (Wildman–Crippen MR) is 82.1 cm³/mol. The zero-order chi connectivity index (χ0) is 14.7. The average Bonchev–Trinajstić information content (AvgIpc) is 2.54. The zero-order valence-corrected chi connectivity index (χ0v) is 11.3. The van der Waals surface area contributed by atoms with Gasteiger partial charge in [0.2, 0.25) is 0 Å². The molecule has 2 aromatic carbocycles. The molecule has 0 N–H and O–H groups in total. The largest absolute Gasteiger partial charge is 0.423 e. The molecular weight excluding hydrogens is 262 g/mol. The van der Waals surface area contributed by atoms with Crippen molar-refractivity contribution < 1.29 is 9.53 Å². The number of rotatable bonds is 1. The maximum atomic E-state index is 12.3. The van der Waals surface area contributed by atoms with E-state index in [1.54, 1.807) is 18.3 Å². The Morgan fingerprint density at radius 3 is 2.57 bits per heavy atom. The van der Waals surface area contributed by atoms with Crippen LogP contribution in [0.5, 0.6) is 5.75 Å². The molecule has 1 unspecified atom stereocenters. The number of terminal acetylenes is 1. The fourth-order valence-electron chi connectivity index (χ4n) is 2.27. The SMILES string of the molecule is C#CC1C=CN(C(=O)Oc2ccccc2)c2ccccc21. The van der Waals surface area contributed by atoms with Crippen LogP contribution < -0.4 is 9.64 Å². The number of benzene rings is 2. The fraction of sp³-hybridized carbons (Fsp3) is 0.0556. The molecule has 0 aromatic heterocycles. The third kappa shape index (κ3) is 2.52. The Balaban J connectivity index is 1.90. The lowest BCUT2D eigenvalue weighted by Gasteiger charge is -2.26. The standard InChI is InChI=1S/C18H13NO2/c1-2-14-12-13-19(17-11-7-6-10-16(14)17)18(20)21-15-8-4-3-5-9-15/h1,3-14H. The average molecular weight is 275 g/mol. The second kappa shape index (κ2) is 5.56. The highest BCUT2D eigenvalue weighted by Gasteiger charge is 2.24. The molecule has 102 valence electrons. The van der Waals surface area contributed by atoms with Crippen molar-refractivity contribution in [2.45, 2.75) is 5.92 Å². The van der Waals surface area contributed by atoms with Gasteiger partial charge in [-0.1, -0.05) is 42.3 Å². The molecule has 3 heteroatoms. The van der Waals surface area contributed by atoms with E-state index >= 15 is 0 Å². The molecule has 1 aliphatic heterocycles. The van der Waals surface area contributed by atoms with Crippen molar-refractivity contribution in [2.24, 2.45) is 0 Å². The summed E-state index contributed by atoms with van der Waals surface area (Å²) in [6.07, 6.45) is 8.55. The molecule has 0 spiro atoms. The highest BCUT2D eigenvalue weighted by molar-refractivity contribution is 5.93. The monoisotopic (exact) mass is 275 g/mol. The van der Waals surface area contributed by atoms with Gasteiger partial charge >= 0.3 is 6.09 Å². The van der Waals surface area contributed by atoms with Crippen molar-refractivity contribution in [2.75, 3.05) is 4.90 Å². The smallest absolute Gasteiger partial charge is 0.410 e. The summed E-state index contributed by atoms with van der Waals surface area (Å²) in [6.45, 7) is 0. The van der Waals surface area contributed by atoms with Gasteiger partial charge in [-0.15, -0.1) is 6.42 Å². The van der Waals surface area contributed by atoms with E-state index in [1.165, 1.54) is 4.90 Å². The predicted octanol–water partition coefficient (Wildman–Crippen LogP) is 3.94. The molecule has 3 nitrogen and oxygen atoms in total. The number of para-hydroxylation sites is 2. The van der Waals surface area contributed by atoms with Gasteiger partial charge in [-0.3, -0.25) is 4.90 Å². The summed E-state index contributed by atoms with van der Waals surface area (Å²) in [4.78, 5) is 13.8. The van der Waals surface area contributed by atoms with Crippen LogP contribution in [0, 0.1) is 12.3 Å². The normalized spacial score (nSPS) is 16.0. The van der Waals surface area contributed by atoms with E-state index in [2.05, 4.69) is 5.92 Å². The molecule has 0 saturated carbocycles. The van der Waals surface area contributed by atoms with Crippen LogP contribution in [0.2, 0.25) is 0 Å². The Morgan fingerprint density at radius 2 is 1.81 bits per heavy atom. The van der Waals surface area contributed by atoms with Crippen molar-refractivity contribution in [3.63, 3.8) is 0 Å². The lowest BCUT2D eigenvalue weighted by atomic mass is 9.95. The molecule has 0 bridgehead atoms. The van der Waals surface area contributed by atoms with Crippen molar-refractivity contribution >= 4 is 11.8 Å². The van der Waals surface area contributed by atoms with Crippen LogP contribution in [0.3, 0.4) is 0 Å². The Kier molecular flexibility index (Phi) is 3.44. The molecule has 1 atom stereocenters. The maximum Gasteiger partial charge on any atom is 0.423 e. The minimum Gasteiger partial charge on any atom is -0.410 e. The number of allylic oxidation sites excluding steroid dienone is 1. The first kappa shape index (κ1) is 13.0. The second-order valence-corrected chi connectivity index (χ2v) is 4.60. The van der Waals surface area contributed by atoms with Gasteiger partial charge in [-0.25, -0.2) is 4.79 Å². The zero-order valence-electron chi connectivity index (χ0n) is 11.3. The van der Waals surface area contributed by atoms with Crippen LogP contribution >= 0.6 is 0 Å². The first-order valence-corrected chi connectivity index (χ1v) is 6.59. The van der Waals surface area contributed by atoms with Gasteiger partial charge < -0.3 is 4.74 Å². The van der Waals surface area contributed by atoms with Gasteiger partial charge in [-0.2, -0.15) is 0 Å². The number of hydrogen-bond donors (Lipinski definition) is 0. The fourth-order valence-corrected chi connectivity index (χ4v) is 2.27. The van der Waals surface area contributed by atoms with Crippen molar-refractivity contribution in [1.82, 2.24) is 0 Å². The third-order valence-corrected chi connectivity index (χ3v) is 3.28. The third-order valence-electron chi connectivity index (χ3n) is 3.28. The van der Waals surface area contributed by atoms with Gasteiger partial charge in [-0.05, 0) is 29.8 Å². The maximum absolute atomic E-state index is 12.3. The number of hydrogen-bond acceptors (Lipinski definition) is 2. The van der Waals surface area contributed by atoms with Crippen LogP contribution in [0.4, 0.5) is 10.5 Å². The van der Waals surface area contributed by atoms with Gasteiger partial charge in [0.1, 0.15) is 5.75 Å². The van der Waals surface area contributed by atoms with Crippen molar-refractivity contribution in [3.05, 3.63) is 72.4 Å². The molecular formula is C18H13NO2. The van der Waals surface area contributed by atoms with Gasteiger partial charge in [0.15, 0.2) is 0 Å². The Bertz CT molecular complexity index is 728. The highest BCUT2D eigenvalue weighted by atomic mass is 16.6. The number of fused-ring (bicyclic) bond motifs is 1. The molecule has 0 aliphatic carbocycles. The summed E-state index contributed by atoms with van der Waals surface area (Å²) in [5.41, 5.74) is 1.68. The summed E-state index contributed by atoms with van der Waals surface area (Å²) >= 11 is 0. The van der Waals surface area contributed by atoms with Gasteiger partial charge in [0.25, 0.3) is 0 Å². The van der Waals surface area contributed by atoms with E-state index in [1.807, 2.05) is 48.5 Å². The molecule has 0 saturated heterocycles. The number of carbonyl (C=O) groups excluding carboxylic acids is 1. The molecule has 0 radical (unpaired) electrons. The topological polar surface area (TPSA) is 29.5 Å². The number of amides is 1. The van der Waals surface area contributed by atoms with E-state index in [-0.39, 0.29) is 5.92 Å². The molecule has 21 heavy (non-hydrogen) atoms. The summed E-state index contributed by atoms with van der Waals surface area (Å²) in [7, 11) is 0. The minimum absolute atomic E-state index is 0.123. The summed E-state index contributed by atoms with van der Waals surface area (Å²) < 4.78 is 5.36. The second-order valence-electron chi connectivity index (χ2n) is 4.60. The van der Waals surface area contributed by atoms with E-state index < -0.39 is 6.09 Å². The first-order valence-electron chi connectivity index (χ1n) is 6.59. The van der Waals surface area contributed by atoms with E-state index in [9.17, 15) is 4.79 Å². The summed E-state index contributed by atoms with van der Waals surface area (Å²) in [6, 6.07) is 16.5. The number of carbonyl (C=O) groups is 1. The van der Waals surface area contributed by atoms with E-state index in [0.717, 1.165) is 11.3 Å². The lowest BCUT2D eigenvalue weighted by molar-refractivity contribution is 0.210. The Morgan fingerprint density at radius 1 is 1.10 bits per heavy atom. The lowest BCUT2D eigenvalue weighted by Crippen LogP contribution is -2.31. The molecule has 2 aromatic rings. The quantitative estimate of drug-likeness (QED) is 0.738. The number of ether oxygens (including phenoxy) is 1. The van der Waals surface area contributed by atoms with Crippen molar-refractivity contribution in [1.29, 1.82) is 0 Å². The Labute approximate surface area is 123 Å². The van der Waals surface area contributed by atoms with Gasteiger partial charge in [0, 0.05) is 6.20 Å². The van der Waals surface area contributed by atoms with Crippen LogP contribution in [-0.4, -0.2) is 6.09 Å². The van der Waals surface area contributed by atoms with Crippen molar-refractivity contribution in [3.8, 4) is 18.1 Å². The molecule has 1 aliphatic rings. The van der Waals surface area contributed by atoms with E-state index in [4.69, 9.17) is 11.2 Å². The summed E-state index contributed by atoms with van der Waals surface area (Å²) in [5.74, 6) is 3.09. The van der Waals surface area contributed by atoms with E-state index in [0.29, 0.717) is 5.75 Å². The summed E-state index contributed by atoms with van der Waals surface area (Å²) in [5, 5.41) is 0. The molecule has 0 fully saturated rings. The molecule has 1 amide bonds. The van der Waals surface area contributed by atoms with Crippen LogP contribution in [-0.2, 0) is 0 Å². The highest BCUT2D eigenvalue weighted by Crippen LogP contribution is 2.33. The van der Waals surface area contributed by atoms with Crippen LogP contribution in [0.1, 0.15) is 11.5 Å². The molecule has 3 rings (SSSR count).